The van der Waals surface area contributed by atoms with Gasteiger partial charge in [-0.05, 0) is 30.9 Å². The van der Waals surface area contributed by atoms with Gasteiger partial charge in [0.15, 0.2) is 0 Å². The molecule has 0 aromatic heterocycles. The lowest BCUT2D eigenvalue weighted by atomic mass is 9.97. The van der Waals surface area contributed by atoms with E-state index >= 15 is 0 Å². The molecule has 0 atom stereocenters. The highest BCUT2D eigenvalue weighted by atomic mass is 32.2. The predicted octanol–water partition coefficient (Wildman–Crippen LogP) is 2.55. The minimum atomic E-state index is -0.740. The predicted molar refractivity (Wildman–Crippen MR) is 84.3 cm³/mol. The maximum absolute atomic E-state index is 12.1. The number of likely N-dealkylation sites (tertiary alicyclic amines) is 1. The van der Waals surface area contributed by atoms with Gasteiger partial charge in [-0.15, -0.1) is 11.8 Å². The van der Waals surface area contributed by atoms with Gasteiger partial charge in [0.1, 0.15) is 0 Å². The summed E-state index contributed by atoms with van der Waals surface area (Å²) in [5, 5.41) is 8.95. The van der Waals surface area contributed by atoms with Crippen LogP contribution >= 0.6 is 11.8 Å². The summed E-state index contributed by atoms with van der Waals surface area (Å²) in [7, 11) is 0. The largest absolute Gasteiger partial charge is 0.481 e. The Kier molecular flexibility index (Phi) is 5.67. The Morgan fingerprint density at radius 2 is 1.95 bits per heavy atom. The van der Waals surface area contributed by atoms with Gasteiger partial charge in [0, 0.05) is 18.8 Å². The van der Waals surface area contributed by atoms with Crippen molar-refractivity contribution in [3.05, 3.63) is 35.4 Å². The number of aliphatic carboxylic acids is 1. The molecule has 1 aliphatic rings. The van der Waals surface area contributed by atoms with E-state index in [0.717, 1.165) is 5.75 Å². The van der Waals surface area contributed by atoms with E-state index in [9.17, 15) is 9.59 Å². The molecule has 0 unspecified atom stereocenters. The van der Waals surface area contributed by atoms with Crippen LogP contribution in [0.2, 0.25) is 0 Å². The van der Waals surface area contributed by atoms with E-state index < -0.39 is 5.97 Å². The Balaban J connectivity index is 1.73. The average molecular weight is 307 g/mol. The van der Waals surface area contributed by atoms with Crippen molar-refractivity contribution in [1.29, 1.82) is 0 Å². The molecule has 21 heavy (non-hydrogen) atoms. The topological polar surface area (TPSA) is 57.6 Å². The van der Waals surface area contributed by atoms with Gasteiger partial charge in [0.05, 0.1) is 11.7 Å². The second-order valence-electron chi connectivity index (χ2n) is 5.41. The summed E-state index contributed by atoms with van der Waals surface area (Å²) >= 11 is 1.62. The summed E-state index contributed by atoms with van der Waals surface area (Å²) in [6, 6.07) is 8.20. The molecule has 1 amide bonds. The molecular weight excluding hydrogens is 286 g/mol. The first kappa shape index (κ1) is 15.9. The van der Waals surface area contributed by atoms with Crippen molar-refractivity contribution in [2.75, 3.05) is 18.8 Å². The minimum Gasteiger partial charge on any atom is -0.481 e. The summed E-state index contributed by atoms with van der Waals surface area (Å²) in [6.45, 7) is 3.22. The molecule has 1 aliphatic heterocycles. The number of amides is 1. The second kappa shape index (κ2) is 7.50. The quantitative estimate of drug-likeness (QED) is 0.908. The van der Waals surface area contributed by atoms with Crippen LogP contribution in [0.5, 0.6) is 0 Å². The number of carboxylic acids is 1. The number of nitrogens with zero attached hydrogens (tertiary/aromatic N) is 1. The van der Waals surface area contributed by atoms with Crippen molar-refractivity contribution in [2.24, 2.45) is 5.92 Å². The summed E-state index contributed by atoms with van der Waals surface area (Å²) in [5.41, 5.74) is 2.51. The highest BCUT2D eigenvalue weighted by Gasteiger charge is 2.26. The molecule has 114 valence electrons. The monoisotopic (exact) mass is 307 g/mol. The van der Waals surface area contributed by atoms with Crippen molar-refractivity contribution in [3.63, 3.8) is 0 Å². The minimum absolute atomic E-state index is 0.123. The lowest BCUT2D eigenvalue weighted by Gasteiger charge is -2.30. The number of carboxylic acid groups (broad SMARTS) is 1. The molecule has 4 nitrogen and oxygen atoms in total. The number of benzene rings is 1. The normalized spacial score (nSPS) is 16.0. The summed E-state index contributed by atoms with van der Waals surface area (Å²) < 4.78 is 0. The lowest BCUT2D eigenvalue weighted by molar-refractivity contribution is -0.145. The fourth-order valence-electron chi connectivity index (χ4n) is 2.49. The number of carbonyl (C=O) groups excluding carboxylic acids is 1. The highest BCUT2D eigenvalue weighted by molar-refractivity contribution is 7.99. The van der Waals surface area contributed by atoms with Crippen LogP contribution in [-0.4, -0.2) is 40.7 Å². The molecule has 1 heterocycles. The van der Waals surface area contributed by atoms with E-state index in [1.54, 1.807) is 16.7 Å². The molecule has 1 aromatic carbocycles. The molecule has 2 rings (SSSR count). The van der Waals surface area contributed by atoms with Crippen LogP contribution < -0.4 is 0 Å². The second-order valence-corrected chi connectivity index (χ2v) is 6.40. The van der Waals surface area contributed by atoms with Crippen LogP contribution in [0, 0.1) is 12.8 Å². The van der Waals surface area contributed by atoms with Crippen molar-refractivity contribution >= 4 is 23.6 Å². The van der Waals surface area contributed by atoms with Gasteiger partial charge in [0.2, 0.25) is 5.91 Å². The van der Waals surface area contributed by atoms with E-state index in [2.05, 4.69) is 19.1 Å². The van der Waals surface area contributed by atoms with Crippen molar-refractivity contribution < 1.29 is 14.7 Å². The average Bonchev–Trinajstić information content (AvgIpc) is 2.49. The van der Waals surface area contributed by atoms with Gasteiger partial charge >= 0.3 is 5.97 Å². The van der Waals surface area contributed by atoms with Gasteiger partial charge in [-0.3, -0.25) is 9.59 Å². The molecule has 1 fully saturated rings. The van der Waals surface area contributed by atoms with Crippen LogP contribution in [0.15, 0.2) is 24.3 Å². The van der Waals surface area contributed by atoms with Gasteiger partial charge in [-0.25, -0.2) is 0 Å². The smallest absolute Gasteiger partial charge is 0.306 e. The van der Waals surface area contributed by atoms with E-state index in [4.69, 9.17) is 5.11 Å². The highest BCUT2D eigenvalue weighted by Crippen LogP contribution is 2.20. The molecule has 0 bridgehead atoms. The zero-order valence-corrected chi connectivity index (χ0v) is 13.1. The third-order valence-corrected chi connectivity index (χ3v) is 4.91. The van der Waals surface area contributed by atoms with Gasteiger partial charge in [0.25, 0.3) is 0 Å². The molecule has 1 N–H and O–H groups in total. The first-order valence-corrected chi connectivity index (χ1v) is 8.36. The third kappa shape index (κ3) is 4.49. The molecule has 5 heteroatoms. The zero-order chi connectivity index (χ0) is 15.2. The van der Waals surface area contributed by atoms with Crippen LogP contribution in [0.3, 0.4) is 0 Å². The third-order valence-electron chi connectivity index (χ3n) is 3.94. The molecule has 0 saturated carbocycles. The number of hydrogen-bond acceptors (Lipinski definition) is 3. The Morgan fingerprint density at radius 1 is 1.29 bits per heavy atom. The molecule has 0 spiro atoms. The van der Waals surface area contributed by atoms with E-state index in [1.807, 2.05) is 12.1 Å². The van der Waals surface area contributed by atoms with Gasteiger partial charge < -0.3 is 10.0 Å². The lowest BCUT2D eigenvalue weighted by Crippen LogP contribution is -2.41. The zero-order valence-electron chi connectivity index (χ0n) is 12.2. The number of piperidine rings is 1. The molecule has 0 aliphatic carbocycles. The van der Waals surface area contributed by atoms with Gasteiger partial charge in [-0.2, -0.15) is 0 Å². The number of aryl methyl sites for hydroxylation is 1. The first-order chi connectivity index (χ1) is 10.1. The van der Waals surface area contributed by atoms with E-state index in [1.165, 1.54) is 11.1 Å². The van der Waals surface area contributed by atoms with Crippen LogP contribution in [-0.2, 0) is 15.3 Å². The van der Waals surface area contributed by atoms with Crippen LogP contribution in [0.25, 0.3) is 0 Å². The number of thioether (sulfide) groups is 1. The Hall–Kier alpha value is -1.49. The molecule has 1 aromatic rings. The fraction of sp³-hybridized carbons (Fsp3) is 0.500. The standard InChI is InChI=1S/C16H21NO3S/c1-12-4-2-3-5-14(12)10-21-11-15(18)17-8-6-13(7-9-17)16(19)20/h2-5,13H,6-11H2,1H3,(H,19,20). The molecule has 0 radical (unpaired) electrons. The molecule has 1 saturated heterocycles. The summed E-state index contributed by atoms with van der Waals surface area (Å²) in [4.78, 5) is 24.8. The van der Waals surface area contributed by atoms with Crippen molar-refractivity contribution in [3.8, 4) is 0 Å². The van der Waals surface area contributed by atoms with E-state index in [0.29, 0.717) is 31.7 Å². The number of carbonyl (C=O) groups is 2. The van der Waals surface area contributed by atoms with Crippen molar-refractivity contribution in [2.45, 2.75) is 25.5 Å². The summed E-state index contributed by atoms with van der Waals surface area (Å²) in [6.07, 6.45) is 1.15. The SMILES string of the molecule is Cc1ccccc1CSCC(=O)N1CCC(C(=O)O)CC1. The number of rotatable bonds is 5. The van der Waals surface area contributed by atoms with Gasteiger partial charge in [-0.1, -0.05) is 24.3 Å². The Labute approximate surface area is 129 Å². The molecular formula is C16H21NO3S. The van der Waals surface area contributed by atoms with Crippen LogP contribution in [0.4, 0.5) is 0 Å². The fourth-order valence-corrected chi connectivity index (χ4v) is 3.49. The Bertz CT molecular complexity index is 510. The Morgan fingerprint density at radius 3 is 2.57 bits per heavy atom. The first-order valence-electron chi connectivity index (χ1n) is 7.20. The van der Waals surface area contributed by atoms with Crippen molar-refractivity contribution in [1.82, 2.24) is 4.90 Å². The maximum Gasteiger partial charge on any atom is 0.306 e. The van der Waals surface area contributed by atoms with Crippen LogP contribution in [0.1, 0.15) is 24.0 Å². The maximum atomic E-state index is 12.1. The van der Waals surface area contributed by atoms with E-state index in [-0.39, 0.29) is 11.8 Å². The summed E-state index contributed by atoms with van der Waals surface area (Å²) in [5.74, 6) is 0.401. The number of hydrogen-bond donors (Lipinski definition) is 1.